The molecule has 0 spiro atoms. The lowest BCUT2D eigenvalue weighted by atomic mass is 9.95. The Morgan fingerprint density at radius 1 is 1.32 bits per heavy atom. The van der Waals surface area contributed by atoms with Crippen LogP contribution in [-0.4, -0.2) is 40.7 Å². The maximum Gasteiger partial charge on any atom is 0.315 e. The van der Waals surface area contributed by atoms with Crippen molar-refractivity contribution in [3.8, 4) is 0 Å². The van der Waals surface area contributed by atoms with Crippen molar-refractivity contribution in [3.63, 3.8) is 0 Å². The lowest BCUT2D eigenvalue weighted by molar-refractivity contribution is -0.137. The van der Waals surface area contributed by atoms with E-state index < -0.39 is 5.97 Å². The summed E-state index contributed by atoms with van der Waals surface area (Å²) in [6, 6.07) is -0.300. The number of carbonyl (C=O) groups excluding carboxylic acids is 1. The molecule has 0 bridgehead atoms. The van der Waals surface area contributed by atoms with Crippen LogP contribution in [0.2, 0.25) is 0 Å². The molecular weight excluding hydrogens is 264 g/mol. The Kier molecular flexibility index (Phi) is 7.05. The highest BCUT2D eigenvalue weighted by Gasteiger charge is 2.22. The van der Waals surface area contributed by atoms with Crippen molar-refractivity contribution in [1.29, 1.82) is 0 Å². The van der Waals surface area contributed by atoms with Crippen molar-refractivity contribution in [2.24, 2.45) is 0 Å². The van der Waals surface area contributed by atoms with Crippen LogP contribution >= 0.6 is 11.8 Å². The van der Waals surface area contributed by atoms with E-state index in [-0.39, 0.29) is 24.5 Å². The number of rotatable bonds is 6. The van der Waals surface area contributed by atoms with Gasteiger partial charge >= 0.3 is 12.0 Å². The minimum atomic E-state index is -0.882. The first kappa shape index (κ1) is 16.1. The van der Waals surface area contributed by atoms with Crippen LogP contribution in [0, 0.1) is 0 Å². The molecule has 1 saturated carbocycles. The molecule has 0 aliphatic heterocycles. The Bertz CT molecular complexity index is 304. The van der Waals surface area contributed by atoms with Gasteiger partial charge in [0.25, 0.3) is 0 Å². The third-order valence-electron chi connectivity index (χ3n) is 3.59. The van der Waals surface area contributed by atoms with E-state index in [0.717, 1.165) is 30.9 Å². The molecule has 1 atom stereocenters. The Labute approximate surface area is 118 Å². The van der Waals surface area contributed by atoms with Gasteiger partial charge in [-0.05, 0) is 38.4 Å². The molecule has 0 aromatic rings. The van der Waals surface area contributed by atoms with Gasteiger partial charge in [0.15, 0.2) is 0 Å². The molecule has 2 amide bonds. The third kappa shape index (κ3) is 6.18. The van der Waals surface area contributed by atoms with Crippen molar-refractivity contribution in [1.82, 2.24) is 10.6 Å². The summed E-state index contributed by atoms with van der Waals surface area (Å²) >= 11 is 1.89. The molecule has 1 aliphatic carbocycles. The minimum Gasteiger partial charge on any atom is -0.481 e. The van der Waals surface area contributed by atoms with Crippen molar-refractivity contribution >= 4 is 23.8 Å². The second-order valence-corrected chi connectivity index (χ2v) is 6.17. The Balaban J connectivity index is 2.28. The van der Waals surface area contributed by atoms with Crippen LogP contribution in [0.5, 0.6) is 0 Å². The van der Waals surface area contributed by atoms with Crippen LogP contribution in [0.4, 0.5) is 4.79 Å². The van der Waals surface area contributed by atoms with Gasteiger partial charge in [-0.3, -0.25) is 4.79 Å². The number of carboxylic acid groups (broad SMARTS) is 1. The molecule has 0 radical (unpaired) electrons. The van der Waals surface area contributed by atoms with Gasteiger partial charge in [0.1, 0.15) is 0 Å². The van der Waals surface area contributed by atoms with E-state index in [1.807, 2.05) is 18.7 Å². The molecule has 0 aromatic carbocycles. The number of nitrogens with one attached hydrogen (secondary N) is 2. The molecule has 110 valence electrons. The number of carbonyl (C=O) groups is 2. The van der Waals surface area contributed by atoms with Gasteiger partial charge in [-0.15, -0.1) is 0 Å². The first-order valence-electron chi connectivity index (χ1n) is 6.86. The highest BCUT2D eigenvalue weighted by Crippen LogP contribution is 2.26. The van der Waals surface area contributed by atoms with Gasteiger partial charge in [-0.1, -0.05) is 6.92 Å². The summed E-state index contributed by atoms with van der Waals surface area (Å²) in [5, 5.41) is 15.1. The number of urea groups is 1. The molecule has 5 nitrogen and oxygen atoms in total. The first-order valence-corrected chi connectivity index (χ1v) is 8.15. The number of amides is 2. The van der Waals surface area contributed by atoms with Gasteiger partial charge in [0, 0.05) is 17.3 Å². The van der Waals surface area contributed by atoms with Gasteiger partial charge < -0.3 is 15.7 Å². The van der Waals surface area contributed by atoms with Crippen molar-refractivity contribution in [2.75, 3.05) is 6.26 Å². The third-order valence-corrected chi connectivity index (χ3v) is 4.73. The number of hydrogen-bond acceptors (Lipinski definition) is 3. The number of aliphatic carboxylic acids is 1. The molecule has 1 rings (SSSR count). The molecule has 3 N–H and O–H groups in total. The second kappa shape index (κ2) is 8.30. The fourth-order valence-electron chi connectivity index (χ4n) is 2.36. The maximum atomic E-state index is 11.8. The van der Waals surface area contributed by atoms with Gasteiger partial charge in [-0.25, -0.2) is 4.79 Å². The molecule has 0 heterocycles. The SMILES string of the molecule is CCC(CC(=O)O)NC(=O)NC1CCC(SC)CC1. The zero-order valence-corrected chi connectivity index (χ0v) is 12.5. The number of hydrogen-bond donors (Lipinski definition) is 3. The van der Waals surface area contributed by atoms with Crippen LogP contribution in [0.1, 0.15) is 45.4 Å². The molecule has 0 saturated heterocycles. The average molecular weight is 288 g/mol. The molecule has 1 fully saturated rings. The van der Waals surface area contributed by atoms with Gasteiger partial charge in [-0.2, -0.15) is 11.8 Å². The summed E-state index contributed by atoms with van der Waals surface area (Å²) in [7, 11) is 0. The smallest absolute Gasteiger partial charge is 0.315 e. The van der Waals surface area contributed by atoms with Crippen LogP contribution in [0.15, 0.2) is 0 Å². The fraction of sp³-hybridized carbons (Fsp3) is 0.846. The van der Waals surface area contributed by atoms with E-state index in [9.17, 15) is 9.59 Å². The maximum absolute atomic E-state index is 11.8. The highest BCUT2D eigenvalue weighted by molar-refractivity contribution is 7.99. The zero-order valence-electron chi connectivity index (χ0n) is 11.6. The molecular formula is C13H24N2O3S. The van der Waals surface area contributed by atoms with Gasteiger partial charge in [0.2, 0.25) is 0 Å². The van der Waals surface area contributed by atoms with Gasteiger partial charge in [0.05, 0.1) is 6.42 Å². The van der Waals surface area contributed by atoms with Crippen molar-refractivity contribution in [3.05, 3.63) is 0 Å². The Hall–Kier alpha value is -0.910. The predicted molar refractivity (Wildman–Crippen MR) is 77.6 cm³/mol. The lowest BCUT2D eigenvalue weighted by Gasteiger charge is -2.28. The summed E-state index contributed by atoms with van der Waals surface area (Å²) in [4.78, 5) is 22.4. The zero-order chi connectivity index (χ0) is 14.3. The average Bonchev–Trinajstić information content (AvgIpc) is 2.38. The minimum absolute atomic E-state index is 0.0247. The quantitative estimate of drug-likeness (QED) is 0.700. The highest BCUT2D eigenvalue weighted by atomic mass is 32.2. The summed E-state index contributed by atoms with van der Waals surface area (Å²) in [6.07, 6.45) is 7.02. The van der Waals surface area contributed by atoms with Crippen LogP contribution < -0.4 is 10.6 Å². The topological polar surface area (TPSA) is 78.4 Å². The van der Waals surface area contributed by atoms with Crippen molar-refractivity contribution in [2.45, 2.75) is 62.8 Å². The second-order valence-electron chi connectivity index (χ2n) is 5.03. The van der Waals surface area contributed by atoms with E-state index in [2.05, 4.69) is 16.9 Å². The molecule has 6 heteroatoms. The van der Waals surface area contributed by atoms with Crippen LogP contribution in [0.25, 0.3) is 0 Å². The van der Waals surface area contributed by atoms with Crippen LogP contribution in [-0.2, 0) is 4.79 Å². The van der Waals surface area contributed by atoms with E-state index in [4.69, 9.17) is 5.11 Å². The largest absolute Gasteiger partial charge is 0.481 e. The Morgan fingerprint density at radius 3 is 2.42 bits per heavy atom. The normalized spacial score (nSPS) is 24.5. The number of thioether (sulfide) groups is 1. The Morgan fingerprint density at radius 2 is 1.95 bits per heavy atom. The summed E-state index contributed by atoms with van der Waals surface area (Å²) in [5.41, 5.74) is 0. The number of carboxylic acids is 1. The molecule has 1 aliphatic rings. The predicted octanol–water partition coefficient (Wildman–Crippen LogP) is 2.21. The van der Waals surface area contributed by atoms with E-state index in [0.29, 0.717) is 6.42 Å². The molecule has 1 unspecified atom stereocenters. The summed E-state index contributed by atoms with van der Waals surface area (Å²) in [6.45, 7) is 1.87. The molecule has 19 heavy (non-hydrogen) atoms. The standard InChI is InChI=1S/C13H24N2O3S/c1-3-9(8-12(16)17)14-13(18)15-10-4-6-11(19-2)7-5-10/h9-11H,3-8H2,1-2H3,(H,16,17)(H2,14,15,18). The van der Waals surface area contributed by atoms with Crippen molar-refractivity contribution < 1.29 is 14.7 Å². The van der Waals surface area contributed by atoms with Crippen LogP contribution in [0.3, 0.4) is 0 Å². The van der Waals surface area contributed by atoms with E-state index in [1.54, 1.807) is 0 Å². The van der Waals surface area contributed by atoms with E-state index >= 15 is 0 Å². The monoisotopic (exact) mass is 288 g/mol. The summed E-state index contributed by atoms with van der Waals surface area (Å²) in [5.74, 6) is -0.882. The molecule has 0 aromatic heterocycles. The lowest BCUT2D eigenvalue weighted by Crippen LogP contribution is -2.47. The fourth-order valence-corrected chi connectivity index (χ4v) is 3.11. The summed E-state index contributed by atoms with van der Waals surface area (Å²) < 4.78 is 0. The van der Waals surface area contributed by atoms with E-state index in [1.165, 1.54) is 0 Å². The first-order chi connectivity index (χ1) is 9.05.